The highest BCUT2D eigenvalue weighted by Crippen LogP contribution is 2.27. The molecule has 0 spiro atoms. The highest BCUT2D eigenvalue weighted by Gasteiger charge is 2.05. The number of benzene rings is 2. The van der Waals surface area contributed by atoms with Crippen LogP contribution in [0.15, 0.2) is 53.1 Å². The molecule has 0 saturated heterocycles. The number of nitrogens with two attached hydrogens (primary N) is 1. The van der Waals surface area contributed by atoms with E-state index in [1.165, 1.54) is 0 Å². The number of pyridine rings is 1. The van der Waals surface area contributed by atoms with Crippen LogP contribution in [0.5, 0.6) is 0 Å². The minimum atomic E-state index is 0.457. The lowest BCUT2D eigenvalue weighted by Crippen LogP contribution is -1.96. The number of para-hydroxylation sites is 1. The molecular formula is C16H11BrN4. The first kappa shape index (κ1) is 13.4. The van der Waals surface area contributed by atoms with E-state index in [0.717, 1.165) is 26.8 Å². The van der Waals surface area contributed by atoms with Gasteiger partial charge in [-0.15, -0.1) is 0 Å². The topological polar surface area (TPSA) is 74.7 Å². The van der Waals surface area contributed by atoms with E-state index in [0.29, 0.717) is 11.3 Å². The molecule has 3 aromatic rings. The maximum absolute atomic E-state index is 8.90. The summed E-state index contributed by atoms with van der Waals surface area (Å²) in [4.78, 5) is 4.44. The molecule has 5 heteroatoms. The molecule has 0 bridgehead atoms. The lowest BCUT2D eigenvalue weighted by atomic mass is 10.1. The van der Waals surface area contributed by atoms with Gasteiger partial charge < -0.3 is 11.1 Å². The van der Waals surface area contributed by atoms with Gasteiger partial charge in [0.25, 0.3) is 0 Å². The number of halogens is 1. The van der Waals surface area contributed by atoms with E-state index >= 15 is 0 Å². The molecule has 0 radical (unpaired) electrons. The zero-order valence-electron chi connectivity index (χ0n) is 11.0. The fourth-order valence-electron chi connectivity index (χ4n) is 2.13. The first-order valence-electron chi connectivity index (χ1n) is 6.28. The van der Waals surface area contributed by atoms with Crippen LogP contribution in [0, 0.1) is 11.3 Å². The van der Waals surface area contributed by atoms with Gasteiger partial charge in [-0.05, 0) is 46.3 Å². The van der Waals surface area contributed by atoms with Crippen LogP contribution < -0.4 is 11.1 Å². The zero-order valence-corrected chi connectivity index (χ0v) is 12.6. The van der Waals surface area contributed by atoms with E-state index in [-0.39, 0.29) is 0 Å². The van der Waals surface area contributed by atoms with E-state index in [9.17, 15) is 0 Å². The third kappa shape index (κ3) is 2.67. The molecule has 0 saturated carbocycles. The fraction of sp³-hybridized carbons (Fsp3) is 0. The Morgan fingerprint density at radius 3 is 2.81 bits per heavy atom. The summed E-state index contributed by atoms with van der Waals surface area (Å²) in [5.74, 6) is 0. The van der Waals surface area contributed by atoms with Crippen LogP contribution in [-0.4, -0.2) is 4.98 Å². The largest absolute Gasteiger partial charge is 0.398 e. The molecule has 0 aliphatic carbocycles. The van der Waals surface area contributed by atoms with Gasteiger partial charge in [0.2, 0.25) is 0 Å². The lowest BCUT2D eigenvalue weighted by molar-refractivity contribution is 1.38. The molecule has 3 N–H and O–H groups in total. The number of fused-ring (bicyclic) bond motifs is 1. The molecule has 1 heterocycles. The Bertz CT molecular complexity index is 868. The lowest BCUT2D eigenvalue weighted by Gasteiger charge is -2.10. The number of nitriles is 1. The van der Waals surface area contributed by atoms with Gasteiger partial charge in [0.05, 0.1) is 22.5 Å². The van der Waals surface area contributed by atoms with Crippen molar-refractivity contribution in [2.75, 3.05) is 11.1 Å². The first-order chi connectivity index (χ1) is 10.2. The van der Waals surface area contributed by atoms with Crippen molar-refractivity contribution in [2.45, 2.75) is 0 Å². The van der Waals surface area contributed by atoms with E-state index in [1.54, 1.807) is 18.3 Å². The van der Waals surface area contributed by atoms with Crippen LogP contribution in [-0.2, 0) is 0 Å². The standard InChI is InChI=1S/C16H11BrN4/c17-12-6-10-2-1-3-15(16(10)20-9-12)21-13-5-4-11(8-18)14(19)7-13/h1-7,9,21H,19H2. The number of nitrogens with zero attached hydrogens (tertiary/aromatic N) is 2. The SMILES string of the molecule is N#Cc1ccc(Nc2cccc3cc(Br)cnc23)cc1N. The Morgan fingerprint density at radius 1 is 1.19 bits per heavy atom. The molecule has 4 nitrogen and oxygen atoms in total. The minimum Gasteiger partial charge on any atom is -0.398 e. The van der Waals surface area contributed by atoms with Gasteiger partial charge in [-0.25, -0.2) is 0 Å². The Balaban J connectivity index is 2.02. The van der Waals surface area contributed by atoms with Crippen LogP contribution in [0.25, 0.3) is 10.9 Å². The highest BCUT2D eigenvalue weighted by atomic mass is 79.9. The summed E-state index contributed by atoms with van der Waals surface area (Å²) < 4.78 is 0.940. The summed E-state index contributed by atoms with van der Waals surface area (Å²) in [6, 6.07) is 15.3. The smallest absolute Gasteiger partial charge is 0.101 e. The number of hydrogen-bond donors (Lipinski definition) is 2. The first-order valence-corrected chi connectivity index (χ1v) is 7.07. The highest BCUT2D eigenvalue weighted by molar-refractivity contribution is 9.10. The summed E-state index contributed by atoms with van der Waals surface area (Å²) in [5, 5.41) is 13.2. The monoisotopic (exact) mass is 338 g/mol. The van der Waals surface area contributed by atoms with Crippen molar-refractivity contribution in [3.63, 3.8) is 0 Å². The van der Waals surface area contributed by atoms with Crippen LogP contribution >= 0.6 is 15.9 Å². The van der Waals surface area contributed by atoms with Crippen molar-refractivity contribution in [3.8, 4) is 6.07 Å². The minimum absolute atomic E-state index is 0.457. The average Bonchev–Trinajstić information content (AvgIpc) is 2.47. The quantitative estimate of drug-likeness (QED) is 0.687. The maximum Gasteiger partial charge on any atom is 0.101 e. The molecule has 0 aliphatic rings. The van der Waals surface area contributed by atoms with Crippen LogP contribution in [0.4, 0.5) is 17.1 Å². The van der Waals surface area contributed by atoms with Crippen molar-refractivity contribution in [2.24, 2.45) is 0 Å². The molecule has 0 amide bonds. The Morgan fingerprint density at radius 2 is 2.05 bits per heavy atom. The van der Waals surface area contributed by atoms with E-state index in [1.807, 2.05) is 30.3 Å². The predicted molar refractivity (Wildman–Crippen MR) is 88.3 cm³/mol. The summed E-state index contributed by atoms with van der Waals surface area (Å²) in [6.07, 6.45) is 1.76. The van der Waals surface area contributed by atoms with Crippen molar-refractivity contribution >= 4 is 43.9 Å². The predicted octanol–water partition coefficient (Wildman–Crippen LogP) is 4.19. The molecule has 3 rings (SSSR count). The van der Waals surface area contributed by atoms with Gasteiger partial charge in [0, 0.05) is 21.7 Å². The van der Waals surface area contributed by atoms with Gasteiger partial charge >= 0.3 is 0 Å². The molecule has 0 unspecified atom stereocenters. The van der Waals surface area contributed by atoms with Crippen LogP contribution in [0.1, 0.15) is 5.56 Å². The van der Waals surface area contributed by atoms with Crippen molar-refractivity contribution in [3.05, 3.63) is 58.7 Å². The van der Waals surface area contributed by atoms with Crippen molar-refractivity contribution in [1.82, 2.24) is 4.98 Å². The average molecular weight is 339 g/mol. The summed E-state index contributed by atoms with van der Waals surface area (Å²) in [7, 11) is 0. The van der Waals surface area contributed by atoms with Gasteiger partial charge in [0.1, 0.15) is 6.07 Å². The number of rotatable bonds is 2. The number of anilines is 3. The molecule has 0 aliphatic heterocycles. The molecule has 0 atom stereocenters. The maximum atomic E-state index is 8.90. The Labute approximate surface area is 130 Å². The molecule has 1 aromatic heterocycles. The van der Waals surface area contributed by atoms with Gasteiger partial charge in [-0.3, -0.25) is 4.98 Å². The summed E-state index contributed by atoms with van der Waals surface area (Å²) in [6.45, 7) is 0. The molecule has 0 fully saturated rings. The third-order valence-electron chi connectivity index (χ3n) is 3.13. The van der Waals surface area contributed by atoms with Gasteiger partial charge in [-0.2, -0.15) is 5.26 Å². The van der Waals surface area contributed by atoms with E-state index in [2.05, 4.69) is 32.3 Å². The number of hydrogen-bond acceptors (Lipinski definition) is 4. The fourth-order valence-corrected chi connectivity index (χ4v) is 2.48. The second kappa shape index (κ2) is 5.43. The summed E-state index contributed by atoms with van der Waals surface area (Å²) in [5.41, 5.74) is 9.36. The molecular weight excluding hydrogens is 328 g/mol. The molecule has 2 aromatic carbocycles. The van der Waals surface area contributed by atoms with Crippen molar-refractivity contribution in [1.29, 1.82) is 5.26 Å². The Kier molecular flexibility index (Phi) is 3.46. The zero-order chi connectivity index (χ0) is 14.8. The number of nitrogen functional groups attached to an aromatic ring is 1. The van der Waals surface area contributed by atoms with E-state index < -0.39 is 0 Å². The molecule has 21 heavy (non-hydrogen) atoms. The van der Waals surface area contributed by atoms with Crippen LogP contribution in [0.3, 0.4) is 0 Å². The second-order valence-corrected chi connectivity index (χ2v) is 5.49. The second-order valence-electron chi connectivity index (χ2n) is 4.57. The van der Waals surface area contributed by atoms with E-state index in [4.69, 9.17) is 11.0 Å². The van der Waals surface area contributed by atoms with Gasteiger partial charge in [0.15, 0.2) is 0 Å². The van der Waals surface area contributed by atoms with Crippen molar-refractivity contribution < 1.29 is 0 Å². The molecule has 102 valence electrons. The number of nitrogens with one attached hydrogen (secondary N) is 1. The summed E-state index contributed by atoms with van der Waals surface area (Å²) >= 11 is 3.42. The van der Waals surface area contributed by atoms with Crippen LogP contribution in [0.2, 0.25) is 0 Å². The van der Waals surface area contributed by atoms with Gasteiger partial charge in [-0.1, -0.05) is 12.1 Å². The normalized spacial score (nSPS) is 10.3. The Hall–Kier alpha value is -2.58. The third-order valence-corrected chi connectivity index (χ3v) is 3.56. The number of aromatic nitrogens is 1.